The molecule has 0 aliphatic rings. The second-order valence-electron chi connectivity index (χ2n) is 4.71. The molecule has 0 fully saturated rings. The van der Waals surface area contributed by atoms with Gasteiger partial charge in [-0.1, -0.05) is 12.1 Å². The van der Waals surface area contributed by atoms with Crippen molar-refractivity contribution in [1.82, 2.24) is 4.98 Å². The van der Waals surface area contributed by atoms with Crippen molar-refractivity contribution in [2.75, 3.05) is 5.73 Å². The number of anilines is 1. The highest BCUT2D eigenvalue weighted by Gasteiger charge is 2.13. The predicted octanol–water partition coefficient (Wildman–Crippen LogP) is 2.42. The quantitative estimate of drug-likeness (QED) is 0.818. The van der Waals surface area contributed by atoms with E-state index in [0.29, 0.717) is 5.56 Å². The number of hydrogen-bond donors (Lipinski definition) is 2. The maximum Gasteiger partial charge on any atom is 0.268 e. The van der Waals surface area contributed by atoms with E-state index in [1.807, 2.05) is 39.0 Å². The van der Waals surface area contributed by atoms with Gasteiger partial charge in [0.2, 0.25) is 0 Å². The number of nitrogen functional groups attached to an aromatic ring is 1. The average molecular weight is 253 g/mol. The third-order valence-electron chi connectivity index (χ3n) is 3.30. The summed E-state index contributed by atoms with van der Waals surface area (Å²) in [5, 5.41) is 9.16. The number of nitriles is 1. The Balaban J connectivity index is 2.83. The second-order valence-corrected chi connectivity index (χ2v) is 4.71. The largest absolute Gasteiger partial charge is 0.385 e. The van der Waals surface area contributed by atoms with Crippen molar-refractivity contribution in [3.63, 3.8) is 0 Å². The highest BCUT2D eigenvalue weighted by Crippen LogP contribution is 2.28. The summed E-state index contributed by atoms with van der Waals surface area (Å²) in [5.41, 5.74) is 10.1. The summed E-state index contributed by atoms with van der Waals surface area (Å²) in [7, 11) is 0. The van der Waals surface area contributed by atoms with Crippen molar-refractivity contribution in [1.29, 1.82) is 5.26 Å². The molecule has 0 unspecified atom stereocenters. The van der Waals surface area contributed by atoms with Crippen LogP contribution in [0.15, 0.2) is 23.0 Å². The zero-order chi connectivity index (χ0) is 14.2. The van der Waals surface area contributed by atoms with E-state index in [1.165, 1.54) is 5.56 Å². The third kappa shape index (κ3) is 2.23. The number of aromatic amines is 1. The number of rotatable bonds is 1. The summed E-state index contributed by atoms with van der Waals surface area (Å²) in [5.74, 6) is 0.261. The van der Waals surface area contributed by atoms with Crippen LogP contribution >= 0.6 is 0 Å². The Morgan fingerprint density at radius 2 is 1.68 bits per heavy atom. The molecule has 4 nitrogen and oxygen atoms in total. The molecular formula is C15H15N3O. The van der Waals surface area contributed by atoms with E-state index < -0.39 is 5.56 Å². The molecular weight excluding hydrogens is 238 g/mol. The van der Waals surface area contributed by atoms with Crippen LogP contribution in [0.5, 0.6) is 0 Å². The number of nitrogens with zero attached hydrogens (tertiary/aromatic N) is 1. The van der Waals surface area contributed by atoms with E-state index in [0.717, 1.165) is 16.7 Å². The lowest BCUT2D eigenvalue weighted by atomic mass is 9.93. The van der Waals surface area contributed by atoms with Crippen molar-refractivity contribution in [3.05, 3.63) is 50.8 Å². The average Bonchev–Trinajstić information content (AvgIpc) is 2.33. The summed E-state index contributed by atoms with van der Waals surface area (Å²) < 4.78 is 0. The van der Waals surface area contributed by atoms with Crippen LogP contribution in [0.1, 0.15) is 22.3 Å². The lowest BCUT2D eigenvalue weighted by Crippen LogP contribution is -2.14. The summed E-state index contributed by atoms with van der Waals surface area (Å²) in [6.07, 6.45) is 0. The number of benzene rings is 1. The smallest absolute Gasteiger partial charge is 0.268 e. The molecule has 0 saturated heterocycles. The van der Waals surface area contributed by atoms with Gasteiger partial charge in [0.25, 0.3) is 5.56 Å². The fourth-order valence-corrected chi connectivity index (χ4v) is 2.15. The van der Waals surface area contributed by atoms with Crippen molar-refractivity contribution in [3.8, 4) is 17.2 Å². The van der Waals surface area contributed by atoms with Crippen LogP contribution in [0.3, 0.4) is 0 Å². The van der Waals surface area contributed by atoms with Gasteiger partial charge in [-0.05, 0) is 49.1 Å². The Bertz CT molecular complexity index is 751. The molecule has 0 bridgehead atoms. The summed E-state index contributed by atoms with van der Waals surface area (Å²) in [4.78, 5) is 14.2. The minimum absolute atomic E-state index is 0.0977. The fraction of sp³-hybridized carbons (Fsp3) is 0.200. The number of hydrogen-bond acceptors (Lipinski definition) is 3. The van der Waals surface area contributed by atoms with Gasteiger partial charge in [-0.15, -0.1) is 0 Å². The first-order valence-corrected chi connectivity index (χ1v) is 5.95. The first-order chi connectivity index (χ1) is 8.93. The maximum absolute atomic E-state index is 11.8. The standard InChI is InChI=1S/C15H15N3O/c1-8-4-10(3)11(5-9(8)2)12-6-14(17)18-15(19)13(12)7-16/h4-6H,1-3H3,(H3,17,18,19). The maximum atomic E-state index is 11.8. The van der Waals surface area contributed by atoms with Crippen LogP contribution in [0, 0.1) is 32.1 Å². The number of pyridine rings is 1. The van der Waals surface area contributed by atoms with Gasteiger partial charge in [-0.25, -0.2) is 0 Å². The highest BCUT2D eigenvalue weighted by atomic mass is 16.1. The summed E-state index contributed by atoms with van der Waals surface area (Å²) in [6, 6.07) is 7.62. The summed E-state index contributed by atoms with van der Waals surface area (Å²) >= 11 is 0. The Labute approximate surface area is 111 Å². The van der Waals surface area contributed by atoms with Gasteiger partial charge in [-0.3, -0.25) is 4.79 Å². The van der Waals surface area contributed by atoms with E-state index in [-0.39, 0.29) is 11.4 Å². The van der Waals surface area contributed by atoms with Crippen molar-refractivity contribution >= 4 is 5.82 Å². The van der Waals surface area contributed by atoms with E-state index >= 15 is 0 Å². The molecule has 1 heterocycles. The molecule has 4 heteroatoms. The molecule has 19 heavy (non-hydrogen) atoms. The molecule has 0 radical (unpaired) electrons. The van der Waals surface area contributed by atoms with Gasteiger partial charge >= 0.3 is 0 Å². The fourth-order valence-electron chi connectivity index (χ4n) is 2.15. The second kappa shape index (κ2) is 4.62. The minimum Gasteiger partial charge on any atom is -0.385 e. The SMILES string of the molecule is Cc1cc(C)c(-c2cc(N)[nH]c(=O)c2C#N)cc1C. The van der Waals surface area contributed by atoms with Gasteiger partial charge in [-0.2, -0.15) is 5.26 Å². The number of nitrogens with two attached hydrogens (primary N) is 1. The summed E-state index contributed by atoms with van der Waals surface area (Å²) in [6.45, 7) is 5.99. The number of nitrogens with one attached hydrogen (secondary N) is 1. The predicted molar refractivity (Wildman–Crippen MR) is 75.8 cm³/mol. The van der Waals surface area contributed by atoms with E-state index in [4.69, 9.17) is 11.0 Å². The van der Waals surface area contributed by atoms with Crippen LogP contribution in [-0.4, -0.2) is 4.98 Å². The van der Waals surface area contributed by atoms with Gasteiger partial charge in [0, 0.05) is 5.56 Å². The Kier molecular flexibility index (Phi) is 3.14. The molecule has 1 aromatic carbocycles. The van der Waals surface area contributed by atoms with Crippen molar-refractivity contribution in [2.24, 2.45) is 0 Å². The lowest BCUT2D eigenvalue weighted by Gasteiger charge is -2.11. The topological polar surface area (TPSA) is 82.7 Å². The molecule has 0 spiro atoms. The Hall–Kier alpha value is -2.54. The van der Waals surface area contributed by atoms with Crippen LogP contribution < -0.4 is 11.3 Å². The number of aryl methyl sites for hydroxylation is 3. The van der Waals surface area contributed by atoms with Gasteiger partial charge < -0.3 is 10.7 Å². The minimum atomic E-state index is -0.449. The molecule has 0 saturated carbocycles. The molecule has 0 aliphatic carbocycles. The number of H-pyrrole nitrogens is 1. The number of aromatic nitrogens is 1. The molecule has 3 N–H and O–H groups in total. The van der Waals surface area contributed by atoms with Crippen LogP contribution in [0.2, 0.25) is 0 Å². The molecule has 0 amide bonds. The van der Waals surface area contributed by atoms with Crippen molar-refractivity contribution in [2.45, 2.75) is 20.8 Å². The third-order valence-corrected chi connectivity index (χ3v) is 3.30. The molecule has 0 atom stereocenters. The normalized spacial score (nSPS) is 10.2. The van der Waals surface area contributed by atoms with E-state index in [2.05, 4.69) is 4.98 Å². The van der Waals surface area contributed by atoms with E-state index in [1.54, 1.807) is 6.07 Å². The zero-order valence-electron chi connectivity index (χ0n) is 11.2. The van der Waals surface area contributed by atoms with Crippen LogP contribution in [0.25, 0.3) is 11.1 Å². The Morgan fingerprint density at radius 3 is 2.32 bits per heavy atom. The van der Waals surface area contributed by atoms with Gasteiger partial charge in [0.1, 0.15) is 17.5 Å². The molecule has 2 rings (SSSR count). The lowest BCUT2D eigenvalue weighted by molar-refractivity contribution is 1.22. The van der Waals surface area contributed by atoms with Crippen LogP contribution in [-0.2, 0) is 0 Å². The molecule has 0 aliphatic heterocycles. The van der Waals surface area contributed by atoms with Gasteiger partial charge in [0.05, 0.1) is 0 Å². The molecule has 2 aromatic rings. The highest BCUT2D eigenvalue weighted by molar-refractivity contribution is 5.75. The van der Waals surface area contributed by atoms with Crippen molar-refractivity contribution < 1.29 is 0 Å². The zero-order valence-corrected chi connectivity index (χ0v) is 11.2. The molecule has 1 aromatic heterocycles. The first kappa shape index (κ1) is 12.9. The molecule has 96 valence electrons. The van der Waals surface area contributed by atoms with E-state index in [9.17, 15) is 4.79 Å². The van der Waals surface area contributed by atoms with Crippen LogP contribution in [0.4, 0.5) is 5.82 Å². The Morgan fingerprint density at radius 1 is 1.05 bits per heavy atom. The monoisotopic (exact) mass is 253 g/mol. The van der Waals surface area contributed by atoms with Gasteiger partial charge in [0.15, 0.2) is 0 Å². The first-order valence-electron chi connectivity index (χ1n) is 5.95.